The van der Waals surface area contributed by atoms with Crippen LogP contribution < -0.4 is 0 Å². The molecular weight excluding hydrogens is 1110 g/mol. The number of rotatable bonds is 64. The van der Waals surface area contributed by atoms with Crippen LogP contribution in [0.25, 0.3) is 0 Å². The lowest BCUT2D eigenvalue weighted by atomic mass is 10.0. The first-order valence-electron chi connectivity index (χ1n) is 33.6. The number of carbonyl (C=O) groups is 4. The van der Waals surface area contributed by atoms with E-state index in [2.05, 4.69) is 52.0 Å². The van der Waals surface area contributed by atoms with E-state index in [1.807, 2.05) is 0 Å². The molecule has 0 aliphatic heterocycles. The number of hydrogen-bond acceptors (Lipinski definition) is 15. The van der Waals surface area contributed by atoms with Crippen molar-refractivity contribution in [3.8, 4) is 0 Å². The third-order valence-electron chi connectivity index (χ3n) is 14.5. The number of esters is 4. The maximum Gasteiger partial charge on any atom is 0.472 e. The number of phosphoric ester groups is 2. The maximum atomic E-state index is 13.0. The van der Waals surface area contributed by atoms with Crippen molar-refractivity contribution in [3.63, 3.8) is 0 Å². The van der Waals surface area contributed by atoms with Crippen LogP contribution in [0.3, 0.4) is 0 Å². The fraction of sp³-hybridized carbons (Fsp3) is 0.877. The molecule has 0 aromatic rings. The molecule has 0 aromatic carbocycles. The normalized spacial score (nSPS) is 14.3. The van der Waals surface area contributed by atoms with Gasteiger partial charge in [-0.1, -0.05) is 257 Å². The van der Waals surface area contributed by atoms with Gasteiger partial charge < -0.3 is 33.8 Å². The van der Waals surface area contributed by atoms with Gasteiger partial charge >= 0.3 is 39.5 Å². The Kier molecular flexibility index (Phi) is 57.8. The highest BCUT2D eigenvalue weighted by molar-refractivity contribution is 7.47. The largest absolute Gasteiger partial charge is 0.472 e. The summed E-state index contributed by atoms with van der Waals surface area (Å²) in [7, 11) is -9.89. The topological polar surface area (TPSA) is 237 Å². The molecule has 3 N–H and O–H groups in total. The van der Waals surface area contributed by atoms with Gasteiger partial charge in [-0.3, -0.25) is 37.3 Å². The molecule has 0 rings (SSSR count). The zero-order valence-corrected chi connectivity index (χ0v) is 55.1. The van der Waals surface area contributed by atoms with Gasteiger partial charge in [0.05, 0.1) is 26.4 Å². The third-order valence-corrected chi connectivity index (χ3v) is 16.4. The summed E-state index contributed by atoms with van der Waals surface area (Å²) in [4.78, 5) is 72.0. The Hall–Kier alpha value is -2.46. The van der Waals surface area contributed by atoms with Crippen molar-refractivity contribution in [3.05, 3.63) is 24.3 Å². The van der Waals surface area contributed by atoms with Crippen molar-refractivity contribution in [2.45, 2.75) is 329 Å². The quantitative estimate of drug-likeness (QED) is 0.0169. The van der Waals surface area contributed by atoms with Crippen LogP contribution in [0.15, 0.2) is 24.3 Å². The number of aliphatic hydroxyl groups excluding tert-OH is 1. The molecule has 0 saturated heterocycles. The van der Waals surface area contributed by atoms with Gasteiger partial charge in [0.15, 0.2) is 12.2 Å². The number of phosphoric acid groups is 2. The van der Waals surface area contributed by atoms with Crippen molar-refractivity contribution >= 4 is 39.5 Å². The Labute approximate surface area is 510 Å². The molecule has 0 aliphatic rings. The Balaban J connectivity index is 5.21. The van der Waals surface area contributed by atoms with E-state index in [1.54, 1.807) is 0 Å². The minimum atomic E-state index is -4.95. The zero-order valence-electron chi connectivity index (χ0n) is 53.3. The lowest BCUT2D eigenvalue weighted by Crippen LogP contribution is -2.30. The summed E-state index contributed by atoms with van der Waals surface area (Å²) >= 11 is 0. The van der Waals surface area contributed by atoms with Crippen LogP contribution in [0.2, 0.25) is 0 Å². The highest BCUT2D eigenvalue weighted by atomic mass is 31.2. The van der Waals surface area contributed by atoms with Crippen molar-refractivity contribution in [2.24, 2.45) is 0 Å². The second kappa shape index (κ2) is 59.5. The van der Waals surface area contributed by atoms with Crippen LogP contribution in [0, 0.1) is 0 Å². The smallest absolute Gasteiger partial charge is 0.462 e. The Morgan fingerprint density at radius 2 is 0.571 bits per heavy atom. The van der Waals surface area contributed by atoms with Crippen LogP contribution in [-0.2, 0) is 65.4 Å². The molecule has 0 bridgehead atoms. The molecule has 0 aromatic heterocycles. The molecule has 5 atom stereocenters. The van der Waals surface area contributed by atoms with Gasteiger partial charge in [0.1, 0.15) is 19.3 Å². The number of unbranched alkanes of at least 4 members (excludes halogenated alkanes) is 35. The van der Waals surface area contributed by atoms with E-state index in [1.165, 1.54) is 103 Å². The van der Waals surface area contributed by atoms with E-state index >= 15 is 0 Å². The van der Waals surface area contributed by atoms with Gasteiger partial charge in [0, 0.05) is 25.7 Å². The summed E-state index contributed by atoms with van der Waals surface area (Å²) in [5.41, 5.74) is 0. The van der Waals surface area contributed by atoms with E-state index in [0.717, 1.165) is 128 Å². The van der Waals surface area contributed by atoms with Crippen LogP contribution in [0.4, 0.5) is 0 Å². The summed E-state index contributed by atoms with van der Waals surface area (Å²) in [6.45, 7) is 4.75. The minimum absolute atomic E-state index is 0.0857. The van der Waals surface area contributed by atoms with Gasteiger partial charge in [-0.15, -0.1) is 0 Å². The first-order valence-corrected chi connectivity index (χ1v) is 36.6. The number of hydrogen-bond donors (Lipinski definition) is 3. The van der Waals surface area contributed by atoms with Crippen molar-refractivity contribution < 1.29 is 80.2 Å². The predicted molar refractivity (Wildman–Crippen MR) is 335 cm³/mol. The molecule has 0 spiro atoms. The van der Waals surface area contributed by atoms with Gasteiger partial charge in [-0.25, -0.2) is 9.13 Å². The van der Waals surface area contributed by atoms with Crippen LogP contribution in [0.1, 0.15) is 310 Å². The third kappa shape index (κ3) is 58.6. The summed E-state index contributed by atoms with van der Waals surface area (Å²) in [5.74, 6) is -2.17. The van der Waals surface area contributed by atoms with Crippen LogP contribution in [-0.4, -0.2) is 96.7 Å². The minimum Gasteiger partial charge on any atom is -0.462 e. The molecule has 0 fully saturated rings. The molecule has 0 aliphatic carbocycles. The van der Waals surface area contributed by atoms with E-state index in [4.69, 9.17) is 37.0 Å². The second-order valence-electron chi connectivity index (χ2n) is 22.8. The fourth-order valence-electron chi connectivity index (χ4n) is 9.27. The van der Waals surface area contributed by atoms with Crippen molar-refractivity contribution in [1.82, 2.24) is 0 Å². The number of ether oxygens (including phenoxy) is 4. The Morgan fingerprint density at radius 3 is 0.869 bits per heavy atom. The first kappa shape index (κ1) is 81.5. The monoisotopic (exact) mass is 1240 g/mol. The lowest BCUT2D eigenvalue weighted by Gasteiger charge is -2.21. The summed E-state index contributed by atoms with van der Waals surface area (Å²) < 4.78 is 67.8. The molecule has 0 radical (unpaired) electrons. The van der Waals surface area contributed by atoms with Crippen molar-refractivity contribution in [2.75, 3.05) is 39.6 Å². The van der Waals surface area contributed by atoms with E-state index in [0.29, 0.717) is 25.7 Å². The predicted octanol–water partition coefficient (Wildman–Crippen LogP) is 17.9. The summed E-state index contributed by atoms with van der Waals surface area (Å²) in [6.07, 6.45) is 48.3. The van der Waals surface area contributed by atoms with Crippen molar-refractivity contribution in [1.29, 1.82) is 0 Å². The second-order valence-corrected chi connectivity index (χ2v) is 25.7. The first-order chi connectivity index (χ1) is 40.7. The molecule has 2 unspecified atom stereocenters. The summed E-state index contributed by atoms with van der Waals surface area (Å²) in [6, 6.07) is 0. The van der Waals surface area contributed by atoms with Gasteiger partial charge in [0.25, 0.3) is 0 Å². The number of aliphatic hydroxyl groups is 1. The molecule has 17 nitrogen and oxygen atoms in total. The van der Waals surface area contributed by atoms with Gasteiger partial charge in [-0.2, -0.15) is 0 Å². The lowest BCUT2D eigenvalue weighted by molar-refractivity contribution is -0.161. The molecule has 0 saturated carbocycles. The number of carbonyl (C=O) groups excluding carboxylic acids is 4. The Morgan fingerprint density at radius 1 is 0.333 bits per heavy atom. The highest BCUT2D eigenvalue weighted by Gasteiger charge is 2.30. The van der Waals surface area contributed by atoms with E-state index < -0.39 is 97.5 Å². The Bertz CT molecular complexity index is 1710. The molecular formula is C65H122O17P2. The maximum absolute atomic E-state index is 13.0. The standard InChI is InChI=1S/C65H122O17P2/c1-5-9-13-17-21-23-25-27-29-31-33-35-39-42-46-50-63(68)76-56-61(82-65(70)52-48-44-40-36-34-32-30-28-26-24-22-18-14-10-6-2)58-80-84(73,74)78-54-59(66)53-77-83(71,72)79-57-60(81-64(69)51-47-43-38-20-16-12-8-4)55-75-62(67)49-45-41-37-19-15-11-7-3/h24,26,28,30,59-61,66H,5-23,25,27,29,31-58H2,1-4H3,(H,71,72)(H,73,74)/b26-24-,30-28-/t59-,60+,61+/m0/s1. The van der Waals surface area contributed by atoms with Gasteiger partial charge in [-0.05, 0) is 51.4 Å². The summed E-state index contributed by atoms with van der Waals surface area (Å²) in [5, 5.41) is 10.5. The van der Waals surface area contributed by atoms with E-state index in [-0.39, 0.29) is 25.7 Å². The fourth-order valence-corrected chi connectivity index (χ4v) is 10.8. The van der Waals surface area contributed by atoms with Crippen LogP contribution in [0.5, 0.6) is 0 Å². The van der Waals surface area contributed by atoms with Crippen LogP contribution >= 0.6 is 15.6 Å². The zero-order chi connectivity index (χ0) is 61.9. The van der Waals surface area contributed by atoms with E-state index in [9.17, 15) is 43.2 Å². The molecule has 0 amide bonds. The van der Waals surface area contributed by atoms with Gasteiger partial charge in [0.2, 0.25) is 0 Å². The SMILES string of the molecule is CCCCCC/C=C\C=C/CCCCCCCC(=O)O[C@H](COC(=O)CCCCCCCCCCCCCCCCC)COP(=O)(O)OC[C@@H](O)COP(=O)(O)OC[C@@H](COC(=O)CCCCCCCCC)OC(=O)CCCCCCCCC. The molecule has 0 heterocycles. The highest BCUT2D eigenvalue weighted by Crippen LogP contribution is 2.45. The molecule has 494 valence electrons. The number of allylic oxidation sites excluding steroid dienone is 4. The average Bonchev–Trinajstić information content (AvgIpc) is 3.47. The average molecular weight is 1240 g/mol. The molecule has 19 heteroatoms. The molecule has 84 heavy (non-hydrogen) atoms.